The number of rotatable bonds is 7. The van der Waals surface area contributed by atoms with E-state index in [2.05, 4.69) is 10.6 Å². The number of nitrogens with one attached hydrogen (secondary N) is 2. The average molecular weight is 437 g/mol. The van der Waals surface area contributed by atoms with Gasteiger partial charge in [0.15, 0.2) is 0 Å². The Kier molecular flexibility index (Phi) is 7.47. The Morgan fingerprint density at radius 3 is 2.42 bits per heavy atom. The van der Waals surface area contributed by atoms with Crippen molar-refractivity contribution in [3.8, 4) is 0 Å². The summed E-state index contributed by atoms with van der Waals surface area (Å²) in [4.78, 5) is 26.1. The Hall–Kier alpha value is -3.12. The molecule has 0 saturated carbocycles. The molecule has 0 spiro atoms. The fourth-order valence-corrected chi connectivity index (χ4v) is 4.04. The SMILES string of the molecule is CCC(Sc1cccc(NC(=O)c2ccc(F)cc2)c1)C(=O)Nc1cc(C)ccc1C. The van der Waals surface area contributed by atoms with E-state index in [1.807, 2.05) is 57.2 Å². The lowest BCUT2D eigenvalue weighted by Crippen LogP contribution is -2.25. The maximum absolute atomic E-state index is 13.1. The van der Waals surface area contributed by atoms with Crippen LogP contribution < -0.4 is 10.6 Å². The van der Waals surface area contributed by atoms with Crippen LogP contribution >= 0.6 is 11.8 Å². The Morgan fingerprint density at radius 2 is 1.71 bits per heavy atom. The highest BCUT2D eigenvalue weighted by Gasteiger charge is 2.19. The third-order valence-electron chi connectivity index (χ3n) is 4.79. The van der Waals surface area contributed by atoms with E-state index in [9.17, 15) is 14.0 Å². The molecule has 0 aliphatic rings. The Labute approximate surface area is 186 Å². The first-order chi connectivity index (χ1) is 14.9. The van der Waals surface area contributed by atoms with E-state index in [-0.39, 0.29) is 22.9 Å². The van der Waals surface area contributed by atoms with E-state index in [0.29, 0.717) is 17.7 Å². The number of hydrogen-bond donors (Lipinski definition) is 2. The van der Waals surface area contributed by atoms with Crippen LogP contribution in [0.5, 0.6) is 0 Å². The van der Waals surface area contributed by atoms with E-state index < -0.39 is 0 Å². The van der Waals surface area contributed by atoms with Gasteiger partial charge in [-0.1, -0.05) is 25.1 Å². The van der Waals surface area contributed by atoms with E-state index in [1.165, 1.54) is 36.0 Å². The van der Waals surface area contributed by atoms with Gasteiger partial charge in [-0.3, -0.25) is 9.59 Å². The summed E-state index contributed by atoms with van der Waals surface area (Å²) >= 11 is 1.45. The van der Waals surface area contributed by atoms with Crippen LogP contribution in [0.25, 0.3) is 0 Å². The number of carbonyl (C=O) groups is 2. The van der Waals surface area contributed by atoms with Crippen LogP contribution in [-0.2, 0) is 4.79 Å². The summed E-state index contributed by atoms with van der Waals surface area (Å²) in [7, 11) is 0. The summed E-state index contributed by atoms with van der Waals surface area (Å²) in [6.45, 7) is 5.93. The maximum atomic E-state index is 13.1. The topological polar surface area (TPSA) is 58.2 Å². The minimum atomic E-state index is -0.389. The van der Waals surface area contributed by atoms with Gasteiger partial charge in [0.1, 0.15) is 5.82 Å². The number of thioether (sulfide) groups is 1. The Balaban J connectivity index is 1.68. The molecule has 1 unspecified atom stereocenters. The summed E-state index contributed by atoms with van der Waals surface area (Å²) in [5.74, 6) is -0.761. The van der Waals surface area contributed by atoms with E-state index in [1.54, 1.807) is 6.07 Å². The van der Waals surface area contributed by atoms with Crippen molar-refractivity contribution in [3.63, 3.8) is 0 Å². The van der Waals surface area contributed by atoms with Gasteiger partial charge in [0.2, 0.25) is 5.91 Å². The zero-order chi connectivity index (χ0) is 22.4. The molecule has 4 nitrogen and oxygen atoms in total. The maximum Gasteiger partial charge on any atom is 0.255 e. The Bertz CT molecular complexity index is 1080. The van der Waals surface area contributed by atoms with Gasteiger partial charge < -0.3 is 10.6 Å². The molecule has 0 bridgehead atoms. The molecule has 6 heteroatoms. The summed E-state index contributed by atoms with van der Waals surface area (Å²) in [5, 5.41) is 5.58. The third-order valence-corrected chi connectivity index (χ3v) is 6.15. The molecule has 0 fully saturated rings. The standard InChI is InChI=1S/C25H25FN2O2S/c1-4-23(25(30)28-22-14-16(2)8-9-17(22)3)31-21-7-5-6-20(15-21)27-24(29)18-10-12-19(26)13-11-18/h5-15,23H,4H2,1-3H3,(H,27,29)(H,28,30). The first-order valence-corrected chi connectivity index (χ1v) is 11.0. The van der Waals surface area contributed by atoms with Crippen LogP contribution in [0.1, 0.15) is 34.8 Å². The lowest BCUT2D eigenvalue weighted by molar-refractivity contribution is -0.115. The van der Waals surface area contributed by atoms with Crippen molar-refractivity contribution in [1.82, 2.24) is 0 Å². The minimum Gasteiger partial charge on any atom is -0.325 e. The van der Waals surface area contributed by atoms with E-state index in [4.69, 9.17) is 0 Å². The Morgan fingerprint density at radius 1 is 0.968 bits per heavy atom. The number of amides is 2. The molecule has 31 heavy (non-hydrogen) atoms. The van der Waals surface area contributed by atoms with Crippen molar-refractivity contribution < 1.29 is 14.0 Å². The smallest absolute Gasteiger partial charge is 0.255 e. The fraction of sp³-hybridized carbons (Fsp3) is 0.200. The fourth-order valence-electron chi connectivity index (χ4n) is 3.02. The molecule has 1 atom stereocenters. The van der Waals surface area contributed by atoms with Crippen LogP contribution in [0.15, 0.2) is 71.6 Å². The number of anilines is 2. The summed E-state index contributed by atoms with van der Waals surface area (Å²) < 4.78 is 13.1. The summed E-state index contributed by atoms with van der Waals surface area (Å²) in [6, 6.07) is 18.7. The van der Waals surface area contributed by atoms with Gasteiger partial charge in [0, 0.05) is 21.8 Å². The molecule has 3 aromatic carbocycles. The molecule has 160 valence electrons. The highest BCUT2D eigenvalue weighted by Crippen LogP contribution is 2.29. The number of aryl methyl sites for hydroxylation is 2. The van der Waals surface area contributed by atoms with Gasteiger partial charge in [-0.05, 0) is 79.9 Å². The normalized spacial score (nSPS) is 11.6. The van der Waals surface area contributed by atoms with Crippen molar-refractivity contribution in [2.75, 3.05) is 10.6 Å². The van der Waals surface area contributed by atoms with Crippen LogP contribution in [0.2, 0.25) is 0 Å². The zero-order valence-corrected chi connectivity index (χ0v) is 18.6. The van der Waals surface area contributed by atoms with Crippen LogP contribution in [0, 0.1) is 19.7 Å². The van der Waals surface area contributed by atoms with Crippen molar-refractivity contribution in [2.45, 2.75) is 37.3 Å². The van der Waals surface area contributed by atoms with Crippen LogP contribution in [0.3, 0.4) is 0 Å². The van der Waals surface area contributed by atoms with Crippen molar-refractivity contribution in [3.05, 3.63) is 89.2 Å². The number of benzene rings is 3. The van der Waals surface area contributed by atoms with Gasteiger partial charge in [-0.2, -0.15) is 0 Å². The second-order valence-electron chi connectivity index (χ2n) is 7.31. The second kappa shape index (κ2) is 10.3. The molecule has 2 N–H and O–H groups in total. The molecular formula is C25H25FN2O2S. The second-order valence-corrected chi connectivity index (χ2v) is 8.59. The van der Waals surface area contributed by atoms with Crippen LogP contribution in [0.4, 0.5) is 15.8 Å². The third kappa shape index (κ3) is 6.18. The average Bonchev–Trinajstić information content (AvgIpc) is 2.75. The van der Waals surface area contributed by atoms with Gasteiger partial charge in [0.05, 0.1) is 5.25 Å². The monoisotopic (exact) mass is 436 g/mol. The first-order valence-electron chi connectivity index (χ1n) is 10.1. The molecule has 2 amide bonds. The van der Waals surface area contributed by atoms with Gasteiger partial charge >= 0.3 is 0 Å². The van der Waals surface area contributed by atoms with E-state index >= 15 is 0 Å². The number of hydrogen-bond acceptors (Lipinski definition) is 3. The predicted octanol–water partition coefficient (Wildman–Crippen LogP) is 6.20. The van der Waals surface area contributed by atoms with Gasteiger partial charge in [0.25, 0.3) is 5.91 Å². The number of carbonyl (C=O) groups excluding carboxylic acids is 2. The minimum absolute atomic E-state index is 0.0537. The lowest BCUT2D eigenvalue weighted by atomic mass is 10.1. The number of halogens is 1. The highest BCUT2D eigenvalue weighted by atomic mass is 32.2. The van der Waals surface area contributed by atoms with Crippen LogP contribution in [-0.4, -0.2) is 17.1 Å². The zero-order valence-electron chi connectivity index (χ0n) is 17.7. The predicted molar refractivity (Wildman–Crippen MR) is 125 cm³/mol. The largest absolute Gasteiger partial charge is 0.325 e. The van der Waals surface area contributed by atoms with Crippen molar-refractivity contribution in [2.24, 2.45) is 0 Å². The van der Waals surface area contributed by atoms with Crippen molar-refractivity contribution in [1.29, 1.82) is 0 Å². The van der Waals surface area contributed by atoms with Gasteiger partial charge in [-0.25, -0.2) is 4.39 Å². The van der Waals surface area contributed by atoms with Crippen molar-refractivity contribution >= 4 is 35.0 Å². The summed E-state index contributed by atoms with van der Waals surface area (Å²) in [5.41, 5.74) is 3.92. The molecule has 0 aliphatic carbocycles. The molecule has 3 aromatic rings. The molecular weight excluding hydrogens is 411 g/mol. The molecule has 0 aliphatic heterocycles. The molecule has 3 rings (SSSR count). The molecule has 0 aromatic heterocycles. The first kappa shape index (κ1) is 22.6. The molecule has 0 saturated heterocycles. The van der Waals surface area contributed by atoms with E-state index in [0.717, 1.165) is 21.7 Å². The lowest BCUT2D eigenvalue weighted by Gasteiger charge is -2.17. The quantitative estimate of drug-likeness (QED) is 0.433. The van der Waals surface area contributed by atoms with Gasteiger partial charge in [-0.15, -0.1) is 11.8 Å². The highest BCUT2D eigenvalue weighted by molar-refractivity contribution is 8.00. The molecule has 0 radical (unpaired) electrons. The summed E-state index contributed by atoms with van der Waals surface area (Å²) in [6.07, 6.45) is 0.660. The molecule has 0 heterocycles.